The molecule has 0 amide bonds. The number of aryl methyl sites for hydroxylation is 1. The minimum atomic E-state index is 0.411. The number of halogens is 1. The van der Waals surface area contributed by atoms with Gasteiger partial charge in [0.2, 0.25) is 5.82 Å². The molecule has 0 fully saturated rings. The molecular weight excluding hydrogens is 254 g/mol. The number of aromatic nitrogens is 2. The van der Waals surface area contributed by atoms with Gasteiger partial charge in [0.05, 0.1) is 11.7 Å². The molecule has 0 aliphatic heterocycles. The number of nitrogens with zero attached hydrogens (tertiary/aromatic N) is 3. The van der Waals surface area contributed by atoms with Crippen molar-refractivity contribution in [3.05, 3.63) is 46.6 Å². The minimum absolute atomic E-state index is 0.411. The normalized spacial score (nSPS) is 10.0. The smallest absolute Gasteiger partial charge is 0.202 e. The van der Waals surface area contributed by atoms with Crippen LogP contribution >= 0.6 is 23.8 Å². The number of aliphatic imine (C=N–C) groups is 1. The lowest BCUT2D eigenvalue weighted by Crippen LogP contribution is -1.99. The van der Waals surface area contributed by atoms with E-state index in [-0.39, 0.29) is 0 Å². The lowest BCUT2D eigenvalue weighted by Gasteiger charge is -2.01. The standard InChI is InChI=1S/C12H10ClN3S/c1-9-2-4-10(5-3-9)6-16-7-11(13)12(15-16)14-8-17/h2-5,7H,6H2,1H3. The van der Waals surface area contributed by atoms with Crippen LogP contribution in [0.25, 0.3) is 0 Å². The second-order valence-electron chi connectivity index (χ2n) is 3.69. The zero-order chi connectivity index (χ0) is 12.3. The highest BCUT2D eigenvalue weighted by Gasteiger charge is 2.05. The monoisotopic (exact) mass is 263 g/mol. The third-order valence-electron chi connectivity index (χ3n) is 2.32. The third kappa shape index (κ3) is 3.01. The number of isothiocyanates is 1. The molecule has 0 bridgehead atoms. The lowest BCUT2D eigenvalue weighted by molar-refractivity contribution is 0.688. The molecule has 0 aliphatic carbocycles. The summed E-state index contributed by atoms with van der Waals surface area (Å²) in [7, 11) is 0. The fraction of sp³-hybridized carbons (Fsp3) is 0.167. The summed E-state index contributed by atoms with van der Waals surface area (Å²) in [5, 5.41) is 6.94. The van der Waals surface area contributed by atoms with E-state index >= 15 is 0 Å². The highest BCUT2D eigenvalue weighted by atomic mass is 35.5. The van der Waals surface area contributed by atoms with Gasteiger partial charge in [0.25, 0.3) is 0 Å². The van der Waals surface area contributed by atoms with Gasteiger partial charge in [0.1, 0.15) is 5.02 Å². The summed E-state index contributed by atoms with van der Waals surface area (Å²) in [6.45, 7) is 2.72. The summed E-state index contributed by atoms with van der Waals surface area (Å²) in [6, 6.07) is 8.26. The summed E-state index contributed by atoms with van der Waals surface area (Å²) in [5.41, 5.74) is 2.39. The molecule has 0 saturated carbocycles. The Morgan fingerprint density at radius 2 is 2.12 bits per heavy atom. The van der Waals surface area contributed by atoms with Gasteiger partial charge in [-0.1, -0.05) is 41.4 Å². The van der Waals surface area contributed by atoms with Crippen LogP contribution in [0, 0.1) is 6.92 Å². The Kier molecular flexibility index (Phi) is 3.69. The van der Waals surface area contributed by atoms with E-state index in [1.54, 1.807) is 10.9 Å². The highest BCUT2D eigenvalue weighted by Crippen LogP contribution is 2.22. The van der Waals surface area contributed by atoms with Gasteiger partial charge in [-0.15, -0.1) is 0 Å². The van der Waals surface area contributed by atoms with Crippen LogP contribution < -0.4 is 0 Å². The zero-order valence-electron chi connectivity index (χ0n) is 9.22. The van der Waals surface area contributed by atoms with Gasteiger partial charge in [0.15, 0.2) is 0 Å². The van der Waals surface area contributed by atoms with Crippen molar-refractivity contribution < 1.29 is 0 Å². The average Bonchev–Trinajstić information content (AvgIpc) is 2.63. The second kappa shape index (κ2) is 5.23. The number of thiocarbonyl (C=S) groups is 1. The molecule has 0 saturated heterocycles. The minimum Gasteiger partial charge on any atom is -0.265 e. The first-order chi connectivity index (χ1) is 8.19. The lowest BCUT2D eigenvalue weighted by atomic mass is 10.1. The Morgan fingerprint density at radius 3 is 2.76 bits per heavy atom. The number of hydrogen-bond acceptors (Lipinski definition) is 3. The van der Waals surface area contributed by atoms with Crippen molar-refractivity contribution in [1.29, 1.82) is 0 Å². The Bertz CT molecular complexity index is 568. The molecule has 5 heteroatoms. The van der Waals surface area contributed by atoms with Crippen molar-refractivity contribution in [3.63, 3.8) is 0 Å². The molecule has 1 aromatic heterocycles. The maximum absolute atomic E-state index is 5.95. The van der Waals surface area contributed by atoms with Crippen LogP contribution in [0.4, 0.5) is 5.82 Å². The molecule has 17 heavy (non-hydrogen) atoms. The fourth-order valence-corrected chi connectivity index (χ4v) is 1.75. The van der Waals surface area contributed by atoms with E-state index in [1.165, 1.54) is 5.56 Å². The van der Waals surface area contributed by atoms with Crippen LogP contribution in [0.3, 0.4) is 0 Å². The second-order valence-corrected chi connectivity index (χ2v) is 4.28. The maximum atomic E-state index is 5.95. The maximum Gasteiger partial charge on any atom is 0.202 e. The van der Waals surface area contributed by atoms with E-state index in [9.17, 15) is 0 Å². The Hall–Kier alpha value is -1.48. The molecule has 0 unspecified atom stereocenters. The molecule has 86 valence electrons. The van der Waals surface area contributed by atoms with Crippen LogP contribution in [0.15, 0.2) is 35.5 Å². The first kappa shape index (κ1) is 12.0. The number of rotatable bonds is 3. The molecule has 0 spiro atoms. The number of hydrogen-bond donors (Lipinski definition) is 0. The number of benzene rings is 1. The first-order valence-corrected chi connectivity index (χ1v) is 5.84. The van der Waals surface area contributed by atoms with Gasteiger partial charge >= 0.3 is 0 Å². The van der Waals surface area contributed by atoms with Crippen LogP contribution in [0.2, 0.25) is 5.02 Å². The van der Waals surface area contributed by atoms with E-state index in [2.05, 4.69) is 58.7 Å². The zero-order valence-corrected chi connectivity index (χ0v) is 10.8. The highest BCUT2D eigenvalue weighted by molar-refractivity contribution is 7.78. The summed E-state index contributed by atoms with van der Waals surface area (Å²) < 4.78 is 1.73. The average molecular weight is 264 g/mol. The van der Waals surface area contributed by atoms with Gasteiger partial charge in [-0.05, 0) is 24.7 Å². The topological polar surface area (TPSA) is 30.2 Å². The van der Waals surface area contributed by atoms with Crippen LogP contribution in [0.5, 0.6) is 0 Å². The molecule has 0 radical (unpaired) electrons. The summed E-state index contributed by atoms with van der Waals surface area (Å²) >= 11 is 10.5. The Morgan fingerprint density at radius 1 is 1.41 bits per heavy atom. The predicted molar refractivity (Wildman–Crippen MR) is 72.2 cm³/mol. The van der Waals surface area contributed by atoms with Gasteiger partial charge < -0.3 is 0 Å². The van der Waals surface area contributed by atoms with Gasteiger partial charge in [-0.25, -0.2) is 0 Å². The largest absolute Gasteiger partial charge is 0.265 e. The predicted octanol–water partition coefficient (Wildman–Crippen LogP) is 3.63. The van der Waals surface area contributed by atoms with Crippen molar-refractivity contribution in [2.45, 2.75) is 13.5 Å². The van der Waals surface area contributed by atoms with Crippen molar-refractivity contribution in [2.24, 2.45) is 4.99 Å². The van der Waals surface area contributed by atoms with Crippen LogP contribution in [0.1, 0.15) is 11.1 Å². The van der Waals surface area contributed by atoms with Gasteiger partial charge in [-0.2, -0.15) is 10.1 Å². The van der Waals surface area contributed by atoms with E-state index < -0.39 is 0 Å². The quantitative estimate of drug-likeness (QED) is 0.625. The van der Waals surface area contributed by atoms with Gasteiger partial charge in [-0.3, -0.25) is 4.68 Å². The molecule has 0 aliphatic rings. The van der Waals surface area contributed by atoms with Crippen LogP contribution in [-0.4, -0.2) is 14.9 Å². The fourth-order valence-electron chi connectivity index (χ4n) is 1.47. The van der Waals surface area contributed by atoms with Crippen molar-refractivity contribution in [1.82, 2.24) is 9.78 Å². The molecule has 2 rings (SSSR count). The van der Waals surface area contributed by atoms with E-state index in [0.29, 0.717) is 17.4 Å². The van der Waals surface area contributed by atoms with Crippen molar-refractivity contribution in [2.75, 3.05) is 0 Å². The Labute approximate surface area is 110 Å². The summed E-state index contributed by atoms with van der Waals surface area (Å²) in [6.07, 6.45) is 1.73. The van der Waals surface area contributed by atoms with Crippen molar-refractivity contribution in [3.8, 4) is 0 Å². The van der Waals surface area contributed by atoms with Crippen LogP contribution in [-0.2, 0) is 6.54 Å². The Balaban J connectivity index is 2.21. The SMILES string of the molecule is Cc1ccc(Cn2cc(Cl)c(N=C=S)n2)cc1. The molecule has 1 aromatic carbocycles. The molecule has 0 N–H and O–H groups in total. The van der Waals surface area contributed by atoms with Crippen molar-refractivity contribution >= 4 is 34.8 Å². The molecular formula is C12H10ClN3S. The first-order valence-electron chi connectivity index (χ1n) is 5.05. The van der Waals surface area contributed by atoms with E-state index in [4.69, 9.17) is 11.6 Å². The van der Waals surface area contributed by atoms with E-state index in [1.807, 2.05) is 0 Å². The molecule has 2 aromatic rings. The third-order valence-corrected chi connectivity index (χ3v) is 2.67. The molecule has 3 nitrogen and oxygen atoms in total. The molecule has 0 atom stereocenters. The summed E-state index contributed by atoms with van der Waals surface area (Å²) in [4.78, 5) is 3.78. The summed E-state index contributed by atoms with van der Waals surface area (Å²) in [5.74, 6) is 0.411. The van der Waals surface area contributed by atoms with E-state index in [0.717, 1.165) is 5.56 Å². The van der Waals surface area contributed by atoms with Gasteiger partial charge in [0, 0.05) is 6.20 Å². The molecule has 1 heterocycles.